The zero-order valence-corrected chi connectivity index (χ0v) is 12.4. The van der Waals surface area contributed by atoms with Crippen molar-refractivity contribution in [3.8, 4) is 0 Å². The lowest BCUT2D eigenvalue weighted by atomic mass is 10.1. The molecule has 3 nitrogen and oxygen atoms in total. The Morgan fingerprint density at radius 1 is 1.44 bits per heavy atom. The average Bonchev–Trinajstić information content (AvgIpc) is 2.35. The highest BCUT2D eigenvalue weighted by Gasteiger charge is 2.10. The maximum Gasteiger partial charge on any atom is 0.170 e. The van der Waals surface area contributed by atoms with Crippen LogP contribution in [0.2, 0.25) is 5.02 Å². The van der Waals surface area contributed by atoms with Crippen molar-refractivity contribution in [3.63, 3.8) is 0 Å². The van der Waals surface area contributed by atoms with Crippen LogP contribution < -0.4 is 5.73 Å². The van der Waals surface area contributed by atoms with Gasteiger partial charge in [0.25, 0.3) is 0 Å². The van der Waals surface area contributed by atoms with Crippen LogP contribution in [0.5, 0.6) is 0 Å². The van der Waals surface area contributed by atoms with Crippen molar-refractivity contribution in [2.24, 2.45) is 16.8 Å². The number of thioether (sulfide) groups is 1. The van der Waals surface area contributed by atoms with Gasteiger partial charge in [-0.1, -0.05) is 49.7 Å². The SMILES string of the molecule is CC(C)C(C)SCc1ccc(/C(N)=N/O)cc1Cl. The summed E-state index contributed by atoms with van der Waals surface area (Å²) >= 11 is 8.06. The van der Waals surface area contributed by atoms with Gasteiger partial charge in [0.1, 0.15) is 0 Å². The van der Waals surface area contributed by atoms with E-state index in [1.54, 1.807) is 6.07 Å². The summed E-state index contributed by atoms with van der Waals surface area (Å²) in [6, 6.07) is 5.47. The van der Waals surface area contributed by atoms with E-state index in [4.69, 9.17) is 22.5 Å². The van der Waals surface area contributed by atoms with Crippen molar-refractivity contribution < 1.29 is 5.21 Å². The van der Waals surface area contributed by atoms with Crippen molar-refractivity contribution in [2.75, 3.05) is 0 Å². The van der Waals surface area contributed by atoms with Gasteiger partial charge in [0, 0.05) is 21.6 Å². The molecule has 0 saturated heterocycles. The molecule has 1 atom stereocenters. The third-order valence-corrected chi connectivity index (χ3v) is 4.80. The first-order valence-corrected chi connectivity index (χ1v) is 7.26. The van der Waals surface area contributed by atoms with E-state index in [0.717, 1.165) is 11.3 Å². The molecule has 0 spiro atoms. The third kappa shape index (κ3) is 4.10. The number of nitrogens with two attached hydrogens (primary N) is 1. The molecule has 0 aliphatic heterocycles. The van der Waals surface area contributed by atoms with Crippen LogP contribution in [0.15, 0.2) is 23.4 Å². The van der Waals surface area contributed by atoms with Crippen molar-refractivity contribution in [2.45, 2.75) is 31.8 Å². The van der Waals surface area contributed by atoms with E-state index in [9.17, 15) is 0 Å². The maximum absolute atomic E-state index is 8.60. The highest BCUT2D eigenvalue weighted by Crippen LogP contribution is 2.27. The van der Waals surface area contributed by atoms with Crippen LogP contribution >= 0.6 is 23.4 Å². The number of hydrogen-bond donors (Lipinski definition) is 2. The fraction of sp³-hybridized carbons (Fsp3) is 0.462. The van der Waals surface area contributed by atoms with E-state index in [0.29, 0.717) is 21.8 Å². The van der Waals surface area contributed by atoms with Crippen LogP contribution in [0, 0.1) is 5.92 Å². The Labute approximate surface area is 117 Å². The van der Waals surface area contributed by atoms with Gasteiger partial charge in [-0.25, -0.2) is 0 Å². The molecule has 0 aliphatic rings. The summed E-state index contributed by atoms with van der Waals surface area (Å²) in [5.41, 5.74) is 7.22. The molecule has 3 N–H and O–H groups in total. The first-order valence-electron chi connectivity index (χ1n) is 5.83. The molecule has 100 valence electrons. The van der Waals surface area contributed by atoms with Gasteiger partial charge in [-0.15, -0.1) is 0 Å². The lowest BCUT2D eigenvalue weighted by molar-refractivity contribution is 0.318. The largest absolute Gasteiger partial charge is 0.409 e. The Morgan fingerprint density at radius 2 is 2.11 bits per heavy atom. The van der Waals surface area contributed by atoms with Gasteiger partial charge in [0.15, 0.2) is 5.84 Å². The first kappa shape index (κ1) is 15.2. The smallest absolute Gasteiger partial charge is 0.170 e. The maximum atomic E-state index is 8.60. The molecule has 1 aromatic carbocycles. The van der Waals surface area contributed by atoms with E-state index in [-0.39, 0.29) is 5.84 Å². The predicted octanol–water partition coefficient (Wildman–Crippen LogP) is 3.71. The molecule has 0 radical (unpaired) electrons. The Bertz CT molecular complexity index is 435. The summed E-state index contributed by atoms with van der Waals surface area (Å²) in [5.74, 6) is 1.59. The van der Waals surface area contributed by atoms with Gasteiger partial charge in [-0.05, 0) is 17.5 Å². The highest BCUT2D eigenvalue weighted by molar-refractivity contribution is 7.99. The van der Waals surface area contributed by atoms with Crippen molar-refractivity contribution in [1.29, 1.82) is 0 Å². The minimum Gasteiger partial charge on any atom is -0.409 e. The average molecular weight is 287 g/mol. The first-order chi connectivity index (χ1) is 8.45. The van der Waals surface area contributed by atoms with Crippen LogP contribution in [0.25, 0.3) is 0 Å². The van der Waals surface area contributed by atoms with Gasteiger partial charge in [0.2, 0.25) is 0 Å². The summed E-state index contributed by atoms with van der Waals surface area (Å²) in [5, 5.41) is 12.8. The Balaban J connectivity index is 2.74. The minimum atomic E-state index is 0.0756. The molecule has 0 aliphatic carbocycles. The monoisotopic (exact) mass is 286 g/mol. The molecule has 1 aromatic rings. The molecule has 0 bridgehead atoms. The summed E-state index contributed by atoms with van der Waals surface area (Å²) in [6.45, 7) is 6.63. The number of hydrogen-bond acceptors (Lipinski definition) is 3. The molecule has 0 saturated carbocycles. The van der Waals surface area contributed by atoms with E-state index in [1.807, 2.05) is 23.9 Å². The van der Waals surface area contributed by atoms with Crippen LogP contribution in [-0.2, 0) is 5.75 Å². The molecule has 1 unspecified atom stereocenters. The second kappa shape index (κ2) is 6.90. The van der Waals surface area contributed by atoms with E-state index >= 15 is 0 Å². The summed E-state index contributed by atoms with van der Waals surface area (Å²) in [6.07, 6.45) is 0. The zero-order chi connectivity index (χ0) is 13.7. The number of nitrogens with zero attached hydrogens (tertiary/aromatic N) is 1. The molecule has 18 heavy (non-hydrogen) atoms. The van der Waals surface area contributed by atoms with Crippen LogP contribution in [-0.4, -0.2) is 16.3 Å². The van der Waals surface area contributed by atoms with Gasteiger partial charge in [-0.3, -0.25) is 0 Å². The topological polar surface area (TPSA) is 58.6 Å². The molecule has 0 fully saturated rings. The zero-order valence-electron chi connectivity index (χ0n) is 10.9. The molecular weight excluding hydrogens is 268 g/mol. The fourth-order valence-electron chi connectivity index (χ4n) is 1.30. The Morgan fingerprint density at radius 3 is 2.61 bits per heavy atom. The molecule has 1 rings (SSSR count). The lowest BCUT2D eigenvalue weighted by Crippen LogP contribution is -2.13. The fourth-order valence-corrected chi connectivity index (χ4v) is 2.70. The van der Waals surface area contributed by atoms with Gasteiger partial charge in [0.05, 0.1) is 0 Å². The number of halogens is 1. The summed E-state index contributed by atoms with van der Waals surface area (Å²) in [7, 11) is 0. The Hall–Kier alpha value is -0.870. The predicted molar refractivity (Wildman–Crippen MR) is 79.6 cm³/mol. The molecule has 5 heteroatoms. The quantitative estimate of drug-likeness (QED) is 0.375. The van der Waals surface area contributed by atoms with Gasteiger partial charge >= 0.3 is 0 Å². The van der Waals surface area contributed by atoms with Crippen molar-refractivity contribution >= 4 is 29.2 Å². The van der Waals surface area contributed by atoms with Crippen LogP contribution in [0.3, 0.4) is 0 Å². The van der Waals surface area contributed by atoms with Gasteiger partial charge < -0.3 is 10.9 Å². The van der Waals surface area contributed by atoms with E-state index in [2.05, 4.69) is 25.9 Å². The number of rotatable bonds is 5. The van der Waals surface area contributed by atoms with Crippen molar-refractivity contribution in [3.05, 3.63) is 34.3 Å². The Kier molecular flexibility index (Phi) is 5.82. The molecule has 0 heterocycles. The second-order valence-electron chi connectivity index (χ2n) is 4.55. The number of amidine groups is 1. The van der Waals surface area contributed by atoms with E-state index < -0.39 is 0 Å². The second-order valence-corrected chi connectivity index (χ2v) is 6.32. The molecular formula is C13H19ClN2OS. The lowest BCUT2D eigenvalue weighted by Gasteiger charge is -2.15. The normalized spacial score (nSPS) is 13.9. The molecule has 0 aromatic heterocycles. The van der Waals surface area contributed by atoms with Gasteiger partial charge in [-0.2, -0.15) is 11.8 Å². The van der Waals surface area contributed by atoms with Crippen molar-refractivity contribution in [1.82, 2.24) is 0 Å². The number of oxime groups is 1. The third-order valence-electron chi connectivity index (χ3n) is 2.90. The van der Waals surface area contributed by atoms with Crippen LogP contribution in [0.4, 0.5) is 0 Å². The minimum absolute atomic E-state index is 0.0756. The number of benzene rings is 1. The van der Waals surface area contributed by atoms with Crippen LogP contribution in [0.1, 0.15) is 31.9 Å². The van der Waals surface area contributed by atoms with E-state index in [1.165, 1.54) is 0 Å². The summed E-state index contributed by atoms with van der Waals surface area (Å²) in [4.78, 5) is 0. The molecule has 0 amide bonds. The standard InChI is InChI=1S/C13H19ClN2OS/c1-8(2)9(3)18-7-11-5-4-10(6-12(11)14)13(15)16-17/h4-6,8-9,17H,7H2,1-3H3,(H2,15,16). The summed E-state index contributed by atoms with van der Waals surface area (Å²) < 4.78 is 0. The highest BCUT2D eigenvalue weighted by atomic mass is 35.5.